The first-order valence-electron chi connectivity index (χ1n) is 3.84. The van der Waals surface area contributed by atoms with Gasteiger partial charge in [0.2, 0.25) is 5.88 Å². The van der Waals surface area contributed by atoms with Gasteiger partial charge in [-0.2, -0.15) is 5.10 Å². The third kappa shape index (κ3) is 1.64. The van der Waals surface area contributed by atoms with Crippen LogP contribution in [-0.4, -0.2) is 15.7 Å². The standard InChI is InChI=1S/C8H12N2O2/c1-4-7(11)12-8-6(2)5-9-10(8)3/h5H,4H2,1-3H3. The molecule has 12 heavy (non-hydrogen) atoms. The number of aromatic nitrogens is 2. The van der Waals surface area contributed by atoms with Crippen molar-refractivity contribution in [1.82, 2.24) is 9.78 Å². The highest BCUT2D eigenvalue weighted by molar-refractivity contribution is 5.71. The van der Waals surface area contributed by atoms with Crippen molar-refractivity contribution < 1.29 is 9.53 Å². The van der Waals surface area contributed by atoms with E-state index in [2.05, 4.69) is 5.10 Å². The molecule has 1 heterocycles. The SMILES string of the molecule is CCC(=O)Oc1c(C)cnn1C. The Labute approximate surface area is 71.1 Å². The van der Waals surface area contributed by atoms with E-state index in [9.17, 15) is 4.79 Å². The van der Waals surface area contributed by atoms with Crippen LogP contribution in [0.4, 0.5) is 0 Å². The number of ether oxygens (including phenoxy) is 1. The van der Waals surface area contributed by atoms with Gasteiger partial charge in [-0.05, 0) is 6.92 Å². The number of aryl methyl sites for hydroxylation is 2. The molecule has 0 aliphatic carbocycles. The molecule has 0 N–H and O–H groups in total. The topological polar surface area (TPSA) is 44.1 Å². The van der Waals surface area contributed by atoms with Gasteiger partial charge in [-0.1, -0.05) is 6.92 Å². The van der Waals surface area contributed by atoms with Gasteiger partial charge in [0.1, 0.15) is 0 Å². The summed E-state index contributed by atoms with van der Waals surface area (Å²) >= 11 is 0. The minimum atomic E-state index is -0.235. The maximum atomic E-state index is 10.9. The number of carbonyl (C=O) groups is 1. The molecule has 66 valence electrons. The molecule has 0 aromatic carbocycles. The zero-order chi connectivity index (χ0) is 9.14. The summed E-state index contributed by atoms with van der Waals surface area (Å²) in [6, 6.07) is 0. The zero-order valence-corrected chi connectivity index (χ0v) is 7.50. The fourth-order valence-corrected chi connectivity index (χ4v) is 0.863. The molecule has 4 nitrogen and oxygen atoms in total. The third-order valence-electron chi connectivity index (χ3n) is 1.56. The van der Waals surface area contributed by atoms with E-state index in [1.807, 2.05) is 6.92 Å². The van der Waals surface area contributed by atoms with E-state index in [0.717, 1.165) is 5.56 Å². The van der Waals surface area contributed by atoms with Gasteiger partial charge in [0.05, 0.1) is 6.20 Å². The second kappa shape index (κ2) is 3.38. The smallest absolute Gasteiger partial charge is 0.312 e. The lowest BCUT2D eigenvalue weighted by Crippen LogP contribution is -2.09. The van der Waals surface area contributed by atoms with E-state index in [1.165, 1.54) is 0 Å². The highest BCUT2D eigenvalue weighted by atomic mass is 16.5. The van der Waals surface area contributed by atoms with Crippen molar-refractivity contribution in [3.63, 3.8) is 0 Å². The summed E-state index contributed by atoms with van der Waals surface area (Å²) in [6.07, 6.45) is 2.04. The van der Waals surface area contributed by atoms with Crippen LogP contribution < -0.4 is 4.74 Å². The number of nitrogens with zero attached hydrogens (tertiary/aromatic N) is 2. The quantitative estimate of drug-likeness (QED) is 0.620. The van der Waals surface area contributed by atoms with E-state index < -0.39 is 0 Å². The van der Waals surface area contributed by atoms with Gasteiger partial charge in [0, 0.05) is 19.0 Å². The fraction of sp³-hybridized carbons (Fsp3) is 0.500. The number of hydrogen-bond acceptors (Lipinski definition) is 3. The first-order chi connectivity index (χ1) is 5.65. The van der Waals surface area contributed by atoms with Gasteiger partial charge < -0.3 is 4.74 Å². The zero-order valence-electron chi connectivity index (χ0n) is 7.50. The minimum absolute atomic E-state index is 0.235. The van der Waals surface area contributed by atoms with E-state index in [4.69, 9.17) is 4.74 Å². The fourth-order valence-electron chi connectivity index (χ4n) is 0.863. The highest BCUT2D eigenvalue weighted by Gasteiger charge is 2.08. The highest BCUT2D eigenvalue weighted by Crippen LogP contribution is 2.15. The number of rotatable bonds is 2. The van der Waals surface area contributed by atoms with Crippen LogP contribution in [0.5, 0.6) is 5.88 Å². The Bertz CT molecular complexity index is 272. The summed E-state index contributed by atoms with van der Waals surface area (Å²) in [7, 11) is 1.74. The van der Waals surface area contributed by atoms with Crippen LogP contribution in [0.1, 0.15) is 18.9 Å². The molecule has 0 bridgehead atoms. The molecule has 0 amide bonds. The summed E-state index contributed by atoms with van der Waals surface area (Å²) in [5.41, 5.74) is 0.874. The molecule has 0 unspecified atom stereocenters. The molecule has 0 fully saturated rings. The molecular formula is C8H12N2O2. The molecule has 0 spiro atoms. The maximum Gasteiger partial charge on any atom is 0.312 e. The predicted octanol–water partition coefficient (Wildman–Crippen LogP) is 1.04. The summed E-state index contributed by atoms with van der Waals surface area (Å²) in [4.78, 5) is 10.9. The Hall–Kier alpha value is -1.32. The predicted molar refractivity (Wildman–Crippen MR) is 43.9 cm³/mol. The van der Waals surface area contributed by atoms with Gasteiger partial charge in [-0.3, -0.25) is 4.79 Å². The lowest BCUT2D eigenvalue weighted by molar-refractivity contribution is -0.134. The normalized spacial score (nSPS) is 9.92. The maximum absolute atomic E-state index is 10.9. The Kier molecular flexibility index (Phi) is 2.47. The second-order valence-corrected chi connectivity index (χ2v) is 2.58. The van der Waals surface area contributed by atoms with Crippen molar-refractivity contribution in [3.8, 4) is 5.88 Å². The average Bonchev–Trinajstić information content (AvgIpc) is 2.35. The van der Waals surface area contributed by atoms with Gasteiger partial charge in [-0.25, -0.2) is 4.68 Å². The lowest BCUT2D eigenvalue weighted by atomic mass is 10.4. The van der Waals surface area contributed by atoms with E-state index >= 15 is 0 Å². The molecule has 0 saturated heterocycles. The van der Waals surface area contributed by atoms with Crippen LogP contribution in [-0.2, 0) is 11.8 Å². The van der Waals surface area contributed by atoms with Crippen molar-refractivity contribution in [1.29, 1.82) is 0 Å². The van der Waals surface area contributed by atoms with Crippen molar-refractivity contribution in [3.05, 3.63) is 11.8 Å². The Morgan fingerprint density at radius 3 is 2.83 bits per heavy atom. The van der Waals surface area contributed by atoms with E-state index in [-0.39, 0.29) is 5.97 Å². The average molecular weight is 168 g/mol. The molecule has 0 atom stereocenters. The van der Waals surface area contributed by atoms with Crippen molar-refractivity contribution in [2.24, 2.45) is 7.05 Å². The molecule has 0 aliphatic rings. The largest absolute Gasteiger partial charge is 0.407 e. The second-order valence-electron chi connectivity index (χ2n) is 2.58. The molecule has 1 aromatic rings. The van der Waals surface area contributed by atoms with Gasteiger partial charge in [-0.15, -0.1) is 0 Å². The number of carbonyl (C=O) groups excluding carboxylic acids is 1. The van der Waals surface area contributed by atoms with Crippen LogP contribution in [0.3, 0.4) is 0 Å². The third-order valence-corrected chi connectivity index (χ3v) is 1.56. The van der Waals surface area contributed by atoms with Crippen LogP contribution >= 0.6 is 0 Å². The first kappa shape index (κ1) is 8.77. The number of esters is 1. The van der Waals surface area contributed by atoms with Crippen molar-refractivity contribution in [2.45, 2.75) is 20.3 Å². The Balaban J connectivity index is 2.80. The summed E-state index contributed by atoms with van der Waals surface area (Å²) in [5.74, 6) is 0.295. The molecule has 0 radical (unpaired) electrons. The van der Waals surface area contributed by atoms with Crippen molar-refractivity contribution in [2.75, 3.05) is 0 Å². The summed E-state index contributed by atoms with van der Waals surface area (Å²) < 4.78 is 6.57. The monoisotopic (exact) mass is 168 g/mol. The van der Waals surface area contributed by atoms with Crippen LogP contribution in [0, 0.1) is 6.92 Å². The molecule has 1 rings (SSSR count). The van der Waals surface area contributed by atoms with Gasteiger partial charge in [0.25, 0.3) is 0 Å². The van der Waals surface area contributed by atoms with Crippen LogP contribution in [0.15, 0.2) is 6.20 Å². The minimum Gasteiger partial charge on any atom is -0.407 e. The van der Waals surface area contributed by atoms with Crippen LogP contribution in [0.25, 0.3) is 0 Å². The van der Waals surface area contributed by atoms with Gasteiger partial charge >= 0.3 is 5.97 Å². The summed E-state index contributed by atoms with van der Waals surface area (Å²) in [6.45, 7) is 3.61. The Morgan fingerprint density at radius 2 is 2.42 bits per heavy atom. The van der Waals surface area contributed by atoms with Crippen LogP contribution in [0.2, 0.25) is 0 Å². The summed E-state index contributed by atoms with van der Waals surface area (Å²) in [5, 5.41) is 3.94. The molecule has 0 saturated carbocycles. The van der Waals surface area contributed by atoms with Crippen molar-refractivity contribution >= 4 is 5.97 Å². The lowest BCUT2D eigenvalue weighted by Gasteiger charge is -2.02. The molecule has 0 aliphatic heterocycles. The van der Waals surface area contributed by atoms with Gasteiger partial charge in [0.15, 0.2) is 0 Å². The van der Waals surface area contributed by atoms with E-state index in [1.54, 1.807) is 24.9 Å². The molecule has 4 heteroatoms. The Morgan fingerprint density at radius 1 is 1.75 bits per heavy atom. The molecular weight excluding hydrogens is 156 g/mol. The number of hydrogen-bond donors (Lipinski definition) is 0. The van der Waals surface area contributed by atoms with E-state index in [0.29, 0.717) is 12.3 Å². The first-order valence-corrected chi connectivity index (χ1v) is 3.84. The molecule has 1 aromatic heterocycles.